The maximum atomic E-state index is 13.0. The summed E-state index contributed by atoms with van der Waals surface area (Å²) in [7, 11) is 0. The Morgan fingerprint density at radius 1 is 1.13 bits per heavy atom. The lowest BCUT2D eigenvalue weighted by molar-refractivity contribution is 0.0908. The van der Waals surface area contributed by atoms with Gasteiger partial charge in [-0.25, -0.2) is 0 Å². The molecular weight excluding hydrogens is 376 g/mol. The highest BCUT2D eigenvalue weighted by atomic mass is 16.5. The van der Waals surface area contributed by atoms with E-state index >= 15 is 0 Å². The Labute approximate surface area is 177 Å². The summed E-state index contributed by atoms with van der Waals surface area (Å²) in [6.45, 7) is 10.9. The molecular formula is C24H30N4O2. The van der Waals surface area contributed by atoms with Crippen LogP contribution in [0.2, 0.25) is 0 Å². The summed E-state index contributed by atoms with van der Waals surface area (Å²) in [5.74, 6) is 1.46. The van der Waals surface area contributed by atoms with Crippen molar-refractivity contribution in [2.75, 3.05) is 13.1 Å². The van der Waals surface area contributed by atoms with Crippen molar-refractivity contribution in [3.8, 4) is 5.82 Å². The number of nitrogens with zero attached hydrogens (tertiary/aromatic N) is 3. The summed E-state index contributed by atoms with van der Waals surface area (Å²) in [6, 6.07) is 12.7. The number of piperidine rings is 1. The van der Waals surface area contributed by atoms with Crippen molar-refractivity contribution >= 4 is 5.91 Å². The normalized spacial score (nSPS) is 15.5. The first kappa shape index (κ1) is 20.4. The van der Waals surface area contributed by atoms with Crippen LogP contribution in [-0.4, -0.2) is 39.7 Å². The molecule has 1 fully saturated rings. The molecule has 1 amide bonds. The molecule has 1 aromatic carbocycles. The molecule has 6 heteroatoms. The predicted molar refractivity (Wildman–Crippen MR) is 117 cm³/mol. The Morgan fingerprint density at radius 2 is 1.90 bits per heavy atom. The van der Waals surface area contributed by atoms with Gasteiger partial charge in [0.2, 0.25) is 0 Å². The Kier molecular flexibility index (Phi) is 5.77. The number of benzene rings is 1. The Hall–Kier alpha value is -2.86. The standard InChI is InChI=1S/C24H30N4O2/c1-16-6-5-7-20(12-16)15-27-10-8-21(9-11-27)25-24(29)22-13-17(2)28(19(22)4)23-14-18(3)30-26-23/h5-7,12-14,21H,8-11,15H2,1-4H3,(H,25,29). The number of rotatable bonds is 5. The van der Waals surface area contributed by atoms with Crippen LogP contribution < -0.4 is 5.32 Å². The Morgan fingerprint density at radius 3 is 2.57 bits per heavy atom. The number of amides is 1. The number of nitrogens with one attached hydrogen (secondary N) is 1. The molecule has 0 aliphatic carbocycles. The third-order valence-corrected chi connectivity index (χ3v) is 5.93. The molecule has 4 rings (SSSR count). The first-order valence-corrected chi connectivity index (χ1v) is 10.6. The second-order valence-electron chi connectivity index (χ2n) is 8.43. The van der Waals surface area contributed by atoms with E-state index in [1.165, 1.54) is 11.1 Å². The average molecular weight is 407 g/mol. The smallest absolute Gasteiger partial charge is 0.253 e. The van der Waals surface area contributed by atoms with Crippen molar-refractivity contribution in [3.05, 3.63) is 70.2 Å². The minimum absolute atomic E-state index is 0.00768. The third kappa shape index (κ3) is 4.33. The number of hydrogen-bond acceptors (Lipinski definition) is 4. The highest BCUT2D eigenvalue weighted by molar-refractivity contribution is 5.96. The van der Waals surface area contributed by atoms with Crippen LogP contribution >= 0.6 is 0 Å². The van der Waals surface area contributed by atoms with Gasteiger partial charge in [0.05, 0.1) is 5.56 Å². The Bertz CT molecular complexity index is 1040. The molecule has 3 heterocycles. The van der Waals surface area contributed by atoms with Crippen molar-refractivity contribution in [2.24, 2.45) is 0 Å². The van der Waals surface area contributed by atoms with Crippen LogP contribution in [0.5, 0.6) is 0 Å². The fourth-order valence-electron chi connectivity index (χ4n) is 4.37. The highest BCUT2D eigenvalue weighted by Gasteiger charge is 2.24. The largest absolute Gasteiger partial charge is 0.360 e. The molecule has 0 saturated carbocycles. The summed E-state index contributed by atoms with van der Waals surface area (Å²) >= 11 is 0. The monoisotopic (exact) mass is 406 g/mol. The van der Waals surface area contributed by atoms with E-state index in [1.54, 1.807) is 0 Å². The summed E-state index contributed by atoms with van der Waals surface area (Å²) in [5, 5.41) is 7.34. The molecule has 1 N–H and O–H groups in total. The van der Waals surface area contributed by atoms with Gasteiger partial charge in [-0.05, 0) is 52.2 Å². The van der Waals surface area contributed by atoms with Gasteiger partial charge in [0, 0.05) is 43.1 Å². The van der Waals surface area contributed by atoms with Gasteiger partial charge in [0.15, 0.2) is 5.82 Å². The second kappa shape index (κ2) is 8.48. The molecule has 0 spiro atoms. The molecule has 2 aromatic heterocycles. The van der Waals surface area contributed by atoms with Gasteiger partial charge < -0.3 is 9.84 Å². The lowest BCUT2D eigenvalue weighted by atomic mass is 10.0. The van der Waals surface area contributed by atoms with E-state index in [-0.39, 0.29) is 11.9 Å². The van der Waals surface area contributed by atoms with E-state index in [0.29, 0.717) is 11.4 Å². The quantitative estimate of drug-likeness (QED) is 0.693. The second-order valence-corrected chi connectivity index (χ2v) is 8.43. The number of carbonyl (C=O) groups is 1. The maximum absolute atomic E-state index is 13.0. The minimum Gasteiger partial charge on any atom is -0.360 e. The highest BCUT2D eigenvalue weighted by Crippen LogP contribution is 2.22. The number of aryl methyl sites for hydroxylation is 3. The van der Waals surface area contributed by atoms with Crippen molar-refractivity contribution < 1.29 is 9.32 Å². The fourth-order valence-corrected chi connectivity index (χ4v) is 4.37. The lowest BCUT2D eigenvalue weighted by Gasteiger charge is -2.32. The van der Waals surface area contributed by atoms with Crippen molar-refractivity contribution in [3.63, 3.8) is 0 Å². The van der Waals surface area contributed by atoms with E-state index in [9.17, 15) is 4.79 Å². The summed E-state index contributed by atoms with van der Waals surface area (Å²) in [5.41, 5.74) is 5.21. The molecule has 0 radical (unpaired) electrons. The minimum atomic E-state index is -0.00768. The summed E-state index contributed by atoms with van der Waals surface area (Å²) in [6.07, 6.45) is 1.94. The zero-order valence-corrected chi connectivity index (χ0v) is 18.2. The molecule has 158 valence electrons. The third-order valence-electron chi connectivity index (χ3n) is 5.93. The molecule has 1 aliphatic heterocycles. The van der Waals surface area contributed by atoms with Crippen molar-refractivity contribution in [1.82, 2.24) is 19.9 Å². The van der Waals surface area contributed by atoms with Crippen molar-refractivity contribution in [1.29, 1.82) is 0 Å². The van der Waals surface area contributed by atoms with Crippen LogP contribution in [0.1, 0.15) is 51.5 Å². The number of hydrogen-bond donors (Lipinski definition) is 1. The van der Waals surface area contributed by atoms with E-state index in [1.807, 2.05) is 37.5 Å². The van der Waals surface area contributed by atoms with Crippen LogP contribution in [0.25, 0.3) is 5.82 Å². The van der Waals surface area contributed by atoms with Crippen LogP contribution in [0.4, 0.5) is 0 Å². The topological polar surface area (TPSA) is 63.3 Å². The predicted octanol–water partition coefficient (Wildman–Crippen LogP) is 4.09. The van der Waals surface area contributed by atoms with Gasteiger partial charge in [0.25, 0.3) is 5.91 Å². The molecule has 0 bridgehead atoms. The lowest BCUT2D eigenvalue weighted by Crippen LogP contribution is -2.44. The zero-order valence-electron chi connectivity index (χ0n) is 18.2. The van der Waals surface area contributed by atoms with Gasteiger partial charge in [-0.1, -0.05) is 35.0 Å². The van der Waals surface area contributed by atoms with Gasteiger partial charge >= 0.3 is 0 Å². The maximum Gasteiger partial charge on any atom is 0.253 e. The number of carbonyl (C=O) groups excluding carboxylic acids is 1. The average Bonchev–Trinajstić information content (AvgIpc) is 3.25. The number of likely N-dealkylation sites (tertiary alicyclic amines) is 1. The molecule has 1 aliphatic rings. The molecule has 3 aromatic rings. The Balaban J connectivity index is 1.36. The van der Waals surface area contributed by atoms with E-state index < -0.39 is 0 Å². The fraction of sp³-hybridized carbons (Fsp3) is 0.417. The molecule has 30 heavy (non-hydrogen) atoms. The van der Waals surface area contributed by atoms with Gasteiger partial charge in [0.1, 0.15) is 5.76 Å². The zero-order chi connectivity index (χ0) is 21.3. The summed E-state index contributed by atoms with van der Waals surface area (Å²) < 4.78 is 7.17. The van der Waals surface area contributed by atoms with Crippen LogP contribution in [0.3, 0.4) is 0 Å². The van der Waals surface area contributed by atoms with Crippen LogP contribution in [0.15, 0.2) is 40.9 Å². The van der Waals surface area contributed by atoms with Gasteiger partial charge in [-0.3, -0.25) is 14.3 Å². The molecule has 1 saturated heterocycles. The SMILES string of the molecule is Cc1cccc(CN2CCC(NC(=O)c3cc(C)n(-c4cc(C)on4)c3C)CC2)c1. The van der Waals surface area contributed by atoms with E-state index in [4.69, 9.17) is 4.52 Å². The van der Waals surface area contributed by atoms with Crippen LogP contribution in [-0.2, 0) is 6.54 Å². The van der Waals surface area contributed by atoms with Crippen molar-refractivity contribution in [2.45, 2.75) is 53.1 Å². The van der Waals surface area contributed by atoms with E-state index in [0.717, 1.165) is 49.6 Å². The molecule has 6 nitrogen and oxygen atoms in total. The summed E-state index contributed by atoms with van der Waals surface area (Å²) in [4.78, 5) is 15.4. The number of aromatic nitrogens is 2. The van der Waals surface area contributed by atoms with Gasteiger partial charge in [-0.2, -0.15) is 0 Å². The molecule has 0 unspecified atom stereocenters. The first-order valence-electron chi connectivity index (χ1n) is 10.6. The van der Waals surface area contributed by atoms with Gasteiger partial charge in [-0.15, -0.1) is 0 Å². The van der Waals surface area contributed by atoms with E-state index in [2.05, 4.69) is 46.6 Å². The first-order chi connectivity index (χ1) is 14.4. The molecule has 0 atom stereocenters. The van der Waals surface area contributed by atoms with Crippen LogP contribution in [0, 0.1) is 27.7 Å².